The van der Waals surface area contributed by atoms with Crippen LogP contribution in [0.15, 0.2) is 48.8 Å². The quantitative estimate of drug-likeness (QED) is 0.767. The number of carbonyl (C=O) groups excluding carboxylic acids is 1. The van der Waals surface area contributed by atoms with Gasteiger partial charge < -0.3 is 15.2 Å². The van der Waals surface area contributed by atoms with Gasteiger partial charge in [-0.3, -0.25) is 4.79 Å². The molecule has 4 heteroatoms. The third-order valence-corrected chi connectivity index (χ3v) is 3.17. The molecule has 0 bridgehead atoms. The molecular formula is C17H23N3O. The molecule has 0 unspecified atom stereocenters. The molecule has 1 amide bonds. The third-order valence-electron chi connectivity index (χ3n) is 3.17. The Hall–Kier alpha value is -2.07. The predicted molar refractivity (Wildman–Crippen MR) is 86.8 cm³/mol. The van der Waals surface area contributed by atoms with Crippen molar-refractivity contribution >= 4 is 11.6 Å². The molecule has 112 valence electrons. The SMILES string of the molecule is CC(C)NCCCC(=O)Nc1cccc(-n2cccc2)c1. The monoisotopic (exact) mass is 285 g/mol. The number of anilines is 1. The molecule has 0 fully saturated rings. The zero-order chi connectivity index (χ0) is 15.1. The van der Waals surface area contributed by atoms with E-state index in [1.165, 1.54) is 0 Å². The van der Waals surface area contributed by atoms with E-state index in [2.05, 4.69) is 24.5 Å². The number of rotatable bonds is 7. The largest absolute Gasteiger partial charge is 0.326 e. The van der Waals surface area contributed by atoms with Gasteiger partial charge in [0, 0.05) is 36.2 Å². The van der Waals surface area contributed by atoms with Gasteiger partial charge in [-0.1, -0.05) is 19.9 Å². The fourth-order valence-electron chi connectivity index (χ4n) is 2.11. The van der Waals surface area contributed by atoms with Crippen molar-refractivity contribution in [3.8, 4) is 5.69 Å². The van der Waals surface area contributed by atoms with Crippen molar-refractivity contribution < 1.29 is 4.79 Å². The van der Waals surface area contributed by atoms with Gasteiger partial charge in [0.2, 0.25) is 5.91 Å². The Labute approximate surface area is 126 Å². The van der Waals surface area contributed by atoms with Crippen molar-refractivity contribution in [2.45, 2.75) is 32.7 Å². The van der Waals surface area contributed by atoms with E-state index in [0.29, 0.717) is 12.5 Å². The Kier molecular flexibility index (Phi) is 5.58. The summed E-state index contributed by atoms with van der Waals surface area (Å²) >= 11 is 0. The first-order valence-electron chi connectivity index (χ1n) is 7.42. The lowest BCUT2D eigenvalue weighted by Crippen LogP contribution is -2.24. The third kappa shape index (κ3) is 5.08. The zero-order valence-corrected chi connectivity index (χ0v) is 12.7. The molecule has 0 saturated carbocycles. The van der Waals surface area contributed by atoms with Crippen LogP contribution in [0.3, 0.4) is 0 Å². The molecule has 0 aliphatic rings. The van der Waals surface area contributed by atoms with Gasteiger partial charge in [-0.2, -0.15) is 0 Å². The molecule has 1 aromatic heterocycles. The molecule has 2 aromatic rings. The number of benzene rings is 1. The van der Waals surface area contributed by atoms with Crippen LogP contribution in [0.4, 0.5) is 5.69 Å². The number of aromatic nitrogens is 1. The van der Waals surface area contributed by atoms with Crippen LogP contribution in [0.2, 0.25) is 0 Å². The molecule has 0 atom stereocenters. The zero-order valence-electron chi connectivity index (χ0n) is 12.7. The lowest BCUT2D eigenvalue weighted by atomic mass is 10.2. The lowest BCUT2D eigenvalue weighted by Gasteiger charge is -2.09. The fourth-order valence-corrected chi connectivity index (χ4v) is 2.11. The molecule has 21 heavy (non-hydrogen) atoms. The number of nitrogens with one attached hydrogen (secondary N) is 2. The average Bonchev–Trinajstić information content (AvgIpc) is 2.98. The summed E-state index contributed by atoms with van der Waals surface area (Å²) in [4.78, 5) is 11.9. The second-order valence-corrected chi connectivity index (χ2v) is 5.40. The van der Waals surface area contributed by atoms with Crippen LogP contribution >= 0.6 is 0 Å². The molecule has 4 nitrogen and oxygen atoms in total. The van der Waals surface area contributed by atoms with Gasteiger partial charge in [-0.05, 0) is 43.3 Å². The standard InChI is InChI=1S/C17H23N3O/c1-14(2)18-10-6-9-17(21)19-15-7-5-8-16(13-15)20-11-3-4-12-20/h3-5,7-8,11-14,18H,6,9-10H2,1-2H3,(H,19,21). The van der Waals surface area contributed by atoms with Crippen LogP contribution < -0.4 is 10.6 Å². The van der Waals surface area contributed by atoms with E-state index in [9.17, 15) is 4.79 Å². The normalized spacial score (nSPS) is 10.8. The van der Waals surface area contributed by atoms with E-state index in [0.717, 1.165) is 24.3 Å². The highest BCUT2D eigenvalue weighted by atomic mass is 16.1. The summed E-state index contributed by atoms with van der Waals surface area (Å²) in [5.41, 5.74) is 1.88. The summed E-state index contributed by atoms with van der Waals surface area (Å²) in [6.45, 7) is 5.08. The minimum Gasteiger partial charge on any atom is -0.326 e. The molecule has 1 aromatic carbocycles. The van der Waals surface area contributed by atoms with Gasteiger partial charge in [0.05, 0.1) is 0 Å². The summed E-state index contributed by atoms with van der Waals surface area (Å²) in [7, 11) is 0. The van der Waals surface area contributed by atoms with Gasteiger partial charge >= 0.3 is 0 Å². The van der Waals surface area contributed by atoms with Gasteiger partial charge in [0.1, 0.15) is 0 Å². The smallest absolute Gasteiger partial charge is 0.224 e. The van der Waals surface area contributed by atoms with Gasteiger partial charge in [-0.25, -0.2) is 0 Å². The van der Waals surface area contributed by atoms with E-state index in [-0.39, 0.29) is 5.91 Å². The fraction of sp³-hybridized carbons (Fsp3) is 0.353. The van der Waals surface area contributed by atoms with E-state index in [4.69, 9.17) is 0 Å². The van der Waals surface area contributed by atoms with Crippen LogP contribution in [0.5, 0.6) is 0 Å². The highest BCUT2D eigenvalue weighted by Gasteiger charge is 2.04. The molecule has 0 aliphatic heterocycles. The summed E-state index contributed by atoms with van der Waals surface area (Å²) in [5, 5.41) is 6.26. The second kappa shape index (κ2) is 7.64. The predicted octanol–water partition coefficient (Wildman–Crippen LogP) is 3.19. The lowest BCUT2D eigenvalue weighted by molar-refractivity contribution is -0.116. The van der Waals surface area contributed by atoms with E-state index in [1.807, 2.05) is 53.4 Å². The Morgan fingerprint density at radius 2 is 1.95 bits per heavy atom. The maximum absolute atomic E-state index is 11.9. The molecule has 2 rings (SSSR count). The van der Waals surface area contributed by atoms with Crippen molar-refractivity contribution in [1.29, 1.82) is 0 Å². The highest BCUT2D eigenvalue weighted by Crippen LogP contribution is 2.15. The van der Waals surface area contributed by atoms with Crippen molar-refractivity contribution in [2.24, 2.45) is 0 Å². The Morgan fingerprint density at radius 1 is 1.19 bits per heavy atom. The summed E-state index contributed by atoms with van der Waals surface area (Å²) in [6, 6.07) is 12.3. The number of nitrogens with zero attached hydrogens (tertiary/aromatic N) is 1. The Morgan fingerprint density at radius 3 is 2.67 bits per heavy atom. The van der Waals surface area contributed by atoms with Crippen molar-refractivity contribution in [3.05, 3.63) is 48.8 Å². The van der Waals surface area contributed by atoms with Crippen molar-refractivity contribution in [1.82, 2.24) is 9.88 Å². The number of carbonyl (C=O) groups is 1. The molecule has 0 aliphatic carbocycles. The number of amides is 1. The maximum Gasteiger partial charge on any atom is 0.224 e. The van der Waals surface area contributed by atoms with Crippen molar-refractivity contribution in [3.63, 3.8) is 0 Å². The van der Waals surface area contributed by atoms with Crippen LogP contribution in [0, 0.1) is 0 Å². The summed E-state index contributed by atoms with van der Waals surface area (Å²) in [6.07, 6.45) is 5.35. The molecule has 0 radical (unpaired) electrons. The maximum atomic E-state index is 11.9. The topological polar surface area (TPSA) is 46.1 Å². The highest BCUT2D eigenvalue weighted by molar-refractivity contribution is 5.90. The van der Waals surface area contributed by atoms with E-state index < -0.39 is 0 Å². The van der Waals surface area contributed by atoms with Gasteiger partial charge in [-0.15, -0.1) is 0 Å². The molecule has 1 heterocycles. The first-order valence-corrected chi connectivity index (χ1v) is 7.42. The van der Waals surface area contributed by atoms with E-state index in [1.54, 1.807) is 0 Å². The molecule has 0 saturated heterocycles. The van der Waals surface area contributed by atoms with Crippen LogP contribution in [0.25, 0.3) is 5.69 Å². The number of hydrogen-bond acceptors (Lipinski definition) is 2. The van der Waals surface area contributed by atoms with Gasteiger partial charge in [0.25, 0.3) is 0 Å². The Bertz CT molecular complexity index is 561. The first kappa shape index (κ1) is 15.3. The number of hydrogen-bond donors (Lipinski definition) is 2. The molecule has 0 spiro atoms. The van der Waals surface area contributed by atoms with Crippen LogP contribution in [-0.4, -0.2) is 23.1 Å². The molecule has 2 N–H and O–H groups in total. The summed E-state index contributed by atoms with van der Waals surface area (Å²) < 4.78 is 2.02. The average molecular weight is 285 g/mol. The minimum absolute atomic E-state index is 0.0604. The van der Waals surface area contributed by atoms with Crippen molar-refractivity contribution in [2.75, 3.05) is 11.9 Å². The van der Waals surface area contributed by atoms with Crippen LogP contribution in [-0.2, 0) is 4.79 Å². The van der Waals surface area contributed by atoms with Crippen LogP contribution in [0.1, 0.15) is 26.7 Å². The van der Waals surface area contributed by atoms with E-state index >= 15 is 0 Å². The molecular weight excluding hydrogens is 262 g/mol. The minimum atomic E-state index is 0.0604. The summed E-state index contributed by atoms with van der Waals surface area (Å²) in [5.74, 6) is 0.0604. The first-order chi connectivity index (χ1) is 10.1. The Balaban J connectivity index is 1.85. The second-order valence-electron chi connectivity index (χ2n) is 5.40. The van der Waals surface area contributed by atoms with Gasteiger partial charge in [0.15, 0.2) is 0 Å².